The van der Waals surface area contributed by atoms with E-state index in [2.05, 4.69) is 26.2 Å². The Bertz CT molecular complexity index is 347. The summed E-state index contributed by atoms with van der Waals surface area (Å²) in [5, 5.41) is 0. The van der Waals surface area contributed by atoms with Crippen molar-refractivity contribution in [1.82, 2.24) is 0 Å². The van der Waals surface area contributed by atoms with E-state index < -0.39 is 0 Å². The van der Waals surface area contributed by atoms with Crippen LogP contribution in [0.5, 0.6) is 0 Å². The Morgan fingerprint density at radius 1 is 0.483 bits per heavy atom. The molecule has 29 heavy (non-hydrogen) atoms. The molecule has 4 rings (SSSR count). The molecule has 4 saturated carbocycles. The zero-order valence-electron chi connectivity index (χ0n) is 19.9. The number of hydrogen-bond donors (Lipinski definition) is 0. The first-order valence-corrected chi connectivity index (χ1v) is 12.7. The fourth-order valence-corrected chi connectivity index (χ4v) is 6.20. The topological polar surface area (TPSA) is 0 Å². The SMILES string of the molecule is CC1CCC(CC2CCC(CC3CC[CH-]CC3)CC2)CC1.[CH-]1CC[CH-]CC1.[La].[Rb+]. The minimum Gasteiger partial charge on any atom is -0.333 e. The van der Waals surface area contributed by atoms with Crippen LogP contribution in [0.25, 0.3) is 0 Å². The van der Waals surface area contributed by atoms with Gasteiger partial charge in [-0.05, 0) is 42.4 Å². The average molecular weight is 596 g/mol. The fraction of sp³-hybridized carbons (Fsp3) is 0.889. The van der Waals surface area contributed by atoms with Crippen molar-refractivity contribution >= 4 is 0 Å². The standard InChI is InChI=1S/C21H37.C6H10.La.Rb/c1-17-7-9-19(10-8-17)16-21-13-11-20(12-14-21)15-18-5-3-2-4-6-18;1-2-4-6-5-3-1;;/h2,17-21H,3-16H2,1H3;1,6H,2-5H2;;/q-1;-2;;+1. The molecule has 0 spiro atoms. The molecule has 2 heteroatoms. The summed E-state index contributed by atoms with van der Waals surface area (Å²) >= 11 is 0. The Labute approximate surface area is 261 Å². The van der Waals surface area contributed by atoms with E-state index >= 15 is 0 Å². The van der Waals surface area contributed by atoms with Crippen LogP contribution in [0.4, 0.5) is 0 Å². The van der Waals surface area contributed by atoms with Crippen LogP contribution in [0.3, 0.4) is 0 Å². The molecule has 0 aromatic heterocycles. The first-order valence-electron chi connectivity index (χ1n) is 12.7. The van der Waals surface area contributed by atoms with Gasteiger partial charge in [0.2, 0.25) is 0 Å². The van der Waals surface area contributed by atoms with E-state index in [0.29, 0.717) is 0 Å². The van der Waals surface area contributed by atoms with E-state index in [1.807, 2.05) is 0 Å². The Morgan fingerprint density at radius 3 is 1.17 bits per heavy atom. The van der Waals surface area contributed by atoms with E-state index in [-0.39, 0.29) is 93.8 Å². The predicted octanol–water partition coefficient (Wildman–Crippen LogP) is 5.77. The Balaban J connectivity index is 0.000000455. The van der Waals surface area contributed by atoms with Crippen LogP contribution in [0.1, 0.15) is 122 Å². The maximum Gasteiger partial charge on any atom is 1.00 e. The molecule has 0 amide bonds. The molecule has 0 aromatic carbocycles. The van der Waals surface area contributed by atoms with Crippen LogP contribution in [-0.4, -0.2) is 0 Å². The van der Waals surface area contributed by atoms with Gasteiger partial charge >= 0.3 is 58.2 Å². The molecule has 0 N–H and O–H groups in total. The molecular formula is C27H47LaRb-2. The van der Waals surface area contributed by atoms with Gasteiger partial charge in [-0.1, -0.05) is 71.1 Å². The van der Waals surface area contributed by atoms with E-state index in [1.165, 1.54) is 64.2 Å². The summed E-state index contributed by atoms with van der Waals surface area (Å²) in [6.45, 7) is 2.45. The Kier molecular flexibility index (Phi) is 19.0. The molecule has 4 fully saturated rings. The van der Waals surface area contributed by atoms with Crippen LogP contribution in [-0.2, 0) is 0 Å². The van der Waals surface area contributed by atoms with Crippen LogP contribution in [0, 0.1) is 84.5 Å². The third-order valence-electron chi connectivity index (χ3n) is 8.14. The molecule has 0 heterocycles. The summed E-state index contributed by atoms with van der Waals surface area (Å²) in [7, 11) is 0. The van der Waals surface area contributed by atoms with E-state index in [0.717, 1.165) is 29.6 Å². The van der Waals surface area contributed by atoms with Crippen molar-refractivity contribution < 1.29 is 93.8 Å². The van der Waals surface area contributed by atoms with Crippen molar-refractivity contribution in [1.29, 1.82) is 0 Å². The monoisotopic (exact) mass is 595 g/mol. The van der Waals surface area contributed by atoms with Gasteiger partial charge in [-0.15, -0.1) is 0 Å². The summed E-state index contributed by atoms with van der Waals surface area (Å²) in [4.78, 5) is 0. The second kappa shape index (κ2) is 18.3. The number of rotatable bonds is 4. The summed E-state index contributed by atoms with van der Waals surface area (Å²) in [5.74, 6) is 5.38. The average Bonchev–Trinajstić information content (AvgIpc) is 2.74. The Morgan fingerprint density at radius 2 is 0.793 bits per heavy atom. The van der Waals surface area contributed by atoms with E-state index in [4.69, 9.17) is 0 Å². The molecule has 4 aliphatic rings. The van der Waals surface area contributed by atoms with Crippen LogP contribution < -0.4 is 58.2 Å². The summed E-state index contributed by atoms with van der Waals surface area (Å²) < 4.78 is 0. The third kappa shape index (κ3) is 12.9. The van der Waals surface area contributed by atoms with Gasteiger partial charge in [-0.3, -0.25) is 0 Å². The first-order chi connectivity index (χ1) is 13.3. The zero-order chi connectivity index (χ0) is 18.7. The molecule has 0 aromatic rings. The predicted molar refractivity (Wildman–Crippen MR) is 119 cm³/mol. The van der Waals surface area contributed by atoms with Crippen molar-refractivity contribution in [2.45, 2.75) is 122 Å². The molecule has 0 unspecified atom stereocenters. The molecule has 161 valence electrons. The van der Waals surface area contributed by atoms with Crippen molar-refractivity contribution in [3.63, 3.8) is 0 Å². The van der Waals surface area contributed by atoms with Gasteiger partial charge in [0.25, 0.3) is 0 Å². The van der Waals surface area contributed by atoms with E-state index in [1.54, 1.807) is 51.4 Å². The smallest absolute Gasteiger partial charge is 0.333 e. The second-order valence-corrected chi connectivity index (χ2v) is 10.5. The normalized spacial score (nSPS) is 33.4. The zero-order valence-corrected chi connectivity index (χ0v) is 28.5. The summed E-state index contributed by atoms with van der Waals surface area (Å²) in [6.07, 6.45) is 33.8. The molecule has 0 atom stereocenters. The molecular weight excluding hydrogens is 549 g/mol. The van der Waals surface area contributed by atoms with Gasteiger partial charge in [0.15, 0.2) is 0 Å². The minimum atomic E-state index is 0. The van der Waals surface area contributed by atoms with Crippen LogP contribution in [0.15, 0.2) is 0 Å². The molecule has 0 bridgehead atoms. The third-order valence-corrected chi connectivity index (χ3v) is 8.14. The van der Waals surface area contributed by atoms with Gasteiger partial charge < -0.3 is 19.3 Å². The van der Waals surface area contributed by atoms with Gasteiger partial charge in [-0.2, -0.15) is 12.8 Å². The quantitative estimate of drug-likeness (QED) is 0.362. The van der Waals surface area contributed by atoms with E-state index in [9.17, 15) is 0 Å². The fourth-order valence-electron chi connectivity index (χ4n) is 6.20. The van der Waals surface area contributed by atoms with Crippen molar-refractivity contribution in [2.24, 2.45) is 29.6 Å². The van der Waals surface area contributed by atoms with Crippen LogP contribution in [0.2, 0.25) is 0 Å². The summed E-state index contributed by atoms with van der Waals surface area (Å²) in [6, 6.07) is 0. The minimum absolute atomic E-state index is 0. The van der Waals surface area contributed by atoms with Crippen molar-refractivity contribution in [3.8, 4) is 0 Å². The first kappa shape index (κ1) is 30.0. The van der Waals surface area contributed by atoms with Gasteiger partial charge in [0, 0.05) is 35.6 Å². The van der Waals surface area contributed by atoms with Gasteiger partial charge in [-0.25, -0.2) is 25.7 Å². The van der Waals surface area contributed by atoms with Gasteiger partial charge in [0.1, 0.15) is 0 Å². The second-order valence-electron chi connectivity index (χ2n) is 10.5. The maximum atomic E-state index is 2.51. The van der Waals surface area contributed by atoms with Crippen molar-refractivity contribution in [3.05, 3.63) is 19.3 Å². The van der Waals surface area contributed by atoms with Gasteiger partial charge in [0.05, 0.1) is 0 Å². The Hall–Kier alpha value is 3.00. The molecule has 4 aliphatic carbocycles. The summed E-state index contributed by atoms with van der Waals surface area (Å²) in [5.41, 5.74) is 0. The molecule has 0 nitrogen and oxygen atoms in total. The number of hydrogen-bond acceptors (Lipinski definition) is 0. The molecule has 0 aliphatic heterocycles. The largest absolute Gasteiger partial charge is 1.00 e. The van der Waals surface area contributed by atoms with Crippen LogP contribution >= 0.6 is 0 Å². The van der Waals surface area contributed by atoms with Crippen molar-refractivity contribution in [2.75, 3.05) is 0 Å². The molecule has 1 radical (unpaired) electrons. The molecule has 0 saturated heterocycles. The maximum absolute atomic E-state index is 2.51.